The SMILES string of the molecule is CCOC(=O)CC(c1ccc(C)c(F)c1)N1CCCC1. The number of rotatable bonds is 5. The Hall–Kier alpha value is -1.42. The number of ether oxygens (including phenoxy) is 1. The molecule has 1 aliphatic rings. The van der Waals surface area contributed by atoms with Gasteiger partial charge in [-0.05, 0) is 57.0 Å². The van der Waals surface area contributed by atoms with Crippen LogP contribution < -0.4 is 0 Å². The van der Waals surface area contributed by atoms with Crippen LogP contribution in [0.3, 0.4) is 0 Å². The van der Waals surface area contributed by atoms with Gasteiger partial charge in [-0.1, -0.05) is 12.1 Å². The molecule has 20 heavy (non-hydrogen) atoms. The van der Waals surface area contributed by atoms with E-state index in [2.05, 4.69) is 4.90 Å². The van der Waals surface area contributed by atoms with Gasteiger partial charge in [-0.2, -0.15) is 0 Å². The summed E-state index contributed by atoms with van der Waals surface area (Å²) >= 11 is 0. The number of hydrogen-bond donors (Lipinski definition) is 0. The first-order chi connectivity index (χ1) is 9.61. The number of aryl methyl sites for hydroxylation is 1. The first-order valence-corrected chi connectivity index (χ1v) is 7.27. The topological polar surface area (TPSA) is 29.5 Å². The van der Waals surface area contributed by atoms with Gasteiger partial charge >= 0.3 is 5.97 Å². The Morgan fingerprint density at radius 1 is 1.40 bits per heavy atom. The predicted molar refractivity (Wildman–Crippen MR) is 75.9 cm³/mol. The second-order valence-corrected chi connectivity index (χ2v) is 5.28. The van der Waals surface area contributed by atoms with Gasteiger partial charge in [0.2, 0.25) is 0 Å². The largest absolute Gasteiger partial charge is 0.466 e. The monoisotopic (exact) mass is 279 g/mol. The Morgan fingerprint density at radius 2 is 2.10 bits per heavy atom. The second kappa shape index (κ2) is 6.84. The summed E-state index contributed by atoms with van der Waals surface area (Å²) in [5.74, 6) is -0.430. The number of benzene rings is 1. The van der Waals surface area contributed by atoms with Crippen LogP contribution in [0.1, 0.15) is 43.4 Å². The molecule has 1 unspecified atom stereocenters. The van der Waals surface area contributed by atoms with E-state index in [1.165, 1.54) is 0 Å². The molecule has 1 atom stereocenters. The molecule has 110 valence electrons. The van der Waals surface area contributed by atoms with Crippen LogP contribution in [-0.4, -0.2) is 30.6 Å². The molecule has 0 aromatic heterocycles. The molecular formula is C16H22FNO2. The van der Waals surface area contributed by atoms with Crippen LogP contribution >= 0.6 is 0 Å². The average Bonchev–Trinajstić information content (AvgIpc) is 2.93. The number of nitrogens with zero attached hydrogens (tertiary/aromatic N) is 1. The van der Waals surface area contributed by atoms with Gasteiger partial charge < -0.3 is 4.74 Å². The lowest BCUT2D eigenvalue weighted by molar-refractivity contribution is -0.144. The molecule has 0 amide bonds. The number of likely N-dealkylation sites (tertiary alicyclic amines) is 1. The van der Waals surface area contributed by atoms with E-state index in [1.807, 2.05) is 6.07 Å². The fourth-order valence-electron chi connectivity index (χ4n) is 2.71. The third-order valence-electron chi connectivity index (χ3n) is 3.83. The molecule has 1 saturated heterocycles. The highest BCUT2D eigenvalue weighted by Crippen LogP contribution is 2.29. The summed E-state index contributed by atoms with van der Waals surface area (Å²) in [5.41, 5.74) is 1.49. The van der Waals surface area contributed by atoms with Crippen LogP contribution in [0.5, 0.6) is 0 Å². The van der Waals surface area contributed by atoms with Gasteiger partial charge in [0.1, 0.15) is 5.82 Å². The minimum atomic E-state index is -0.217. The Bertz CT molecular complexity index is 470. The van der Waals surface area contributed by atoms with Gasteiger partial charge in [-0.15, -0.1) is 0 Å². The molecule has 0 aliphatic carbocycles. The van der Waals surface area contributed by atoms with Crippen molar-refractivity contribution in [1.82, 2.24) is 4.90 Å². The van der Waals surface area contributed by atoms with Crippen molar-refractivity contribution in [3.8, 4) is 0 Å². The Morgan fingerprint density at radius 3 is 2.70 bits per heavy atom. The third kappa shape index (κ3) is 3.57. The molecule has 0 spiro atoms. The maximum Gasteiger partial charge on any atom is 0.307 e. The van der Waals surface area contributed by atoms with Gasteiger partial charge in [0.15, 0.2) is 0 Å². The summed E-state index contributed by atoms with van der Waals surface area (Å²) in [6.07, 6.45) is 2.55. The van der Waals surface area contributed by atoms with E-state index in [1.54, 1.807) is 26.0 Å². The standard InChI is InChI=1S/C16H22FNO2/c1-3-20-16(19)11-15(18-8-4-5-9-18)13-7-6-12(2)14(17)10-13/h6-7,10,15H,3-5,8-9,11H2,1-2H3. The third-order valence-corrected chi connectivity index (χ3v) is 3.83. The molecule has 1 aromatic rings. The average molecular weight is 279 g/mol. The number of halogens is 1. The lowest BCUT2D eigenvalue weighted by atomic mass is 10.0. The fraction of sp³-hybridized carbons (Fsp3) is 0.562. The van der Waals surface area contributed by atoms with E-state index in [0.717, 1.165) is 31.5 Å². The molecule has 0 radical (unpaired) electrons. The number of esters is 1. The van der Waals surface area contributed by atoms with Crippen molar-refractivity contribution >= 4 is 5.97 Å². The van der Waals surface area contributed by atoms with Crippen LogP contribution in [0.4, 0.5) is 4.39 Å². The lowest BCUT2D eigenvalue weighted by Gasteiger charge is -2.27. The minimum Gasteiger partial charge on any atom is -0.466 e. The van der Waals surface area contributed by atoms with E-state index < -0.39 is 0 Å². The van der Waals surface area contributed by atoms with Gasteiger partial charge in [0.25, 0.3) is 0 Å². The lowest BCUT2D eigenvalue weighted by Crippen LogP contribution is -2.28. The zero-order valence-corrected chi connectivity index (χ0v) is 12.2. The van der Waals surface area contributed by atoms with Crippen LogP contribution in [0.2, 0.25) is 0 Å². The molecule has 1 fully saturated rings. The van der Waals surface area contributed by atoms with Gasteiger partial charge in [0, 0.05) is 6.04 Å². The van der Waals surface area contributed by atoms with Crippen molar-refractivity contribution in [3.63, 3.8) is 0 Å². The van der Waals surface area contributed by atoms with Gasteiger partial charge in [-0.25, -0.2) is 4.39 Å². The van der Waals surface area contributed by atoms with E-state index in [9.17, 15) is 9.18 Å². The maximum atomic E-state index is 13.8. The van der Waals surface area contributed by atoms with Crippen LogP contribution in [0.15, 0.2) is 18.2 Å². The number of carbonyl (C=O) groups is 1. The van der Waals surface area contributed by atoms with E-state index in [4.69, 9.17) is 4.74 Å². The van der Waals surface area contributed by atoms with Gasteiger partial charge in [-0.3, -0.25) is 9.69 Å². The summed E-state index contributed by atoms with van der Waals surface area (Å²) in [7, 11) is 0. The van der Waals surface area contributed by atoms with Crippen molar-refractivity contribution < 1.29 is 13.9 Å². The zero-order valence-electron chi connectivity index (χ0n) is 12.2. The summed E-state index contributed by atoms with van der Waals surface area (Å²) < 4.78 is 18.8. The van der Waals surface area contributed by atoms with Crippen LogP contribution in [-0.2, 0) is 9.53 Å². The molecule has 4 heteroatoms. The van der Waals surface area contributed by atoms with Crippen molar-refractivity contribution in [1.29, 1.82) is 0 Å². The Labute approximate surface area is 119 Å². The molecular weight excluding hydrogens is 257 g/mol. The predicted octanol–water partition coefficient (Wildman–Crippen LogP) is 3.22. The highest BCUT2D eigenvalue weighted by Gasteiger charge is 2.26. The fourth-order valence-corrected chi connectivity index (χ4v) is 2.71. The first kappa shape index (κ1) is 15.0. The number of carbonyl (C=O) groups excluding carboxylic acids is 1. The molecule has 1 heterocycles. The van der Waals surface area contributed by atoms with Crippen molar-refractivity contribution in [2.24, 2.45) is 0 Å². The maximum absolute atomic E-state index is 13.8. The normalized spacial score (nSPS) is 17.1. The second-order valence-electron chi connectivity index (χ2n) is 5.28. The molecule has 0 saturated carbocycles. The smallest absolute Gasteiger partial charge is 0.307 e. The molecule has 0 N–H and O–H groups in total. The highest BCUT2D eigenvalue weighted by atomic mass is 19.1. The zero-order chi connectivity index (χ0) is 14.5. The molecule has 3 nitrogen and oxygen atoms in total. The first-order valence-electron chi connectivity index (χ1n) is 7.27. The minimum absolute atomic E-state index is 0.0772. The molecule has 1 aliphatic heterocycles. The summed E-state index contributed by atoms with van der Waals surface area (Å²) in [5, 5.41) is 0. The molecule has 2 rings (SSSR count). The van der Waals surface area contributed by atoms with E-state index in [-0.39, 0.29) is 24.2 Å². The van der Waals surface area contributed by atoms with Gasteiger partial charge in [0.05, 0.1) is 13.0 Å². The van der Waals surface area contributed by atoms with Crippen LogP contribution in [0.25, 0.3) is 0 Å². The molecule has 0 bridgehead atoms. The Balaban J connectivity index is 2.20. The van der Waals surface area contributed by atoms with Crippen LogP contribution in [0, 0.1) is 12.7 Å². The summed E-state index contributed by atoms with van der Waals surface area (Å²) in [4.78, 5) is 14.0. The highest BCUT2D eigenvalue weighted by molar-refractivity contribution is 5.70. The summed E-state index contributed by atoms with van der Waals surface area (Å²) in [6, 6.07) is 5.17. The quantitative estimate of drug-likeness (QED) is 0.775. The Kier molecular flexibility index (Phi) is 5.12. The number of hydrogen-bond acceptors (Lipinski definition) is 3. The molecule has 1 aromatic carbocycles. The van der Waals surface area contributed by atoms with Crippen molar-refractivity contribution in [3.05, 3.63) is 35.1 Å². The van der Waals surface area contributed by atoms with E-state index >= 15 is 0 Å². The van der Waals surface area contributed by atoms with Crippen molar-refractivity contribution in [2.45, 2.75) is 39.2 Å². The van der Waals surface area contributed by atoms with E-state index in [0.29, 0.717) is 12.2 Å². The van der Waals surface area contributed by atoms with Crippen molar-refractivity contribution in [2.75, 3.05) is 19.7 Å². The summed E-state index contributed by atoms with van der Waals surface area (Å²) in [6.45, 7) is 5.84.